The van der Waals surface area contributed by atoms with E-state index < -0.39 is 0 Å². The third-order valence-corrected chi connectivity index (χ3v) is 4.58. The fourth-order valence-corrected chi connectivity index (χ4v) is 2.95. The quantitative estimate of drug-likeness (QED) is 0.929. The first kappa shape index (κ1) is 16.4. The van der Waals surface area contributed by atoms with Gasteiger partial charge in [-0.15, -0.1) is 0 Å². The molecule has 0 aromatic heterocycles. The predicted octanol–water partition coefficient (Wildman–Crippen LogP) is 3.91. The van der Waals surface area contributed by atoms with Crippen LogP contribution in [0, 0.1) is 6.92 Å². The van der Waals surface area contributed by atoms with E-state index in [0.717, 1.165) is 38.3 Å². The van der Waals surface area contributed by atoms with Crippen molar-refractivity contribution in [1.82, 2.24) is 4.90 Å². The van der Waals surface area contributed by atoms with E-state index in [2.05, 4.69) is 41.4 Å². The Morgan fingerprint density at radius 3 is 2.17 bits per heavy atom. The second kappa shape index (κ2) is 7.39. The minimum atomic E-state index is -0.0140. The van der Waals surface area contributed by atoms with Crippen molar-refractivity contribution in [2.75, 3.05) is 36.4 Å². The third-order valence-electron chi connectivity index (χ3n) is 4.58. The van der Waals surface area contributed by atoms with Crippen LogP contribution in [0.1, 0.15) is 18.1 Å². The lowest BCUT2D eigenvalue weighted by atomic mass is 10.1. The number of nitrogens with zero attached hydrogens (tertiary/aromatic N) is 2. The van der Waals surface area contributed by atoms with Gasteiger partial charge in [-0.25, -0.2) is 4.79 Å². The summed E-state index contributed by atoms with van der Waals surface area (Å²) in [7, 11) is 0. The first-order chi connectivity index (χ1) is 11.7. The molecule has 0 radical (unpaired) electrons. The number of hydrogen-bond donors (Lipinski definition) is 1. The number of carbonyl (C=O) groups excluding carboxylic acids is 1. The molecule has 0 aliphatic carbocycles. The van der Waals surface area contributed by atoms with E-state index in [0.29, 0.717) is 0 Å². The second-order valence-corrected chi connectivity index (χ2v) is 6.29. The number of urea groups is 1. The van der Waals surface area contributed by atoms with E-state index in [1.807, 2.05) is 36.1 Å². The average molecular weight is 323 g/mol. The van der Waals surface area contributed by atoms with Crippen LogP contribution in [0.2, 0.25) is 0 Å². The molecular formula is C20H25N3O. The number of benzene rings is 2. The Hall–Kier alpha value is -2.49. The Morgan fingerprint density at radius 2 is 1.58 bits per heavy atom. The summed E-state index contributed by atoms with van der Waals surface area (Å²) in [5.41, 5.74) is 4.64. The summed E-state index contributed by atoms with van der Waals surface area (Å²) >= 11 is 0. The topological polar surface area (TPSA) is 35.6 Å². The Labute approximate surface area is 144 Å². The molecule has 0 unspecified atom stereocenters. The monoisotopic (exact) mass is 323 g/mol. The summed E-state index contributed by atoms with van der Waals surface area (Å²) in [4.78, 5) is 16.6. The molecule has 24 heavy (non-hydrogen) atoms. The number of hydrogen-bond acceptors (Lipinski definition) is 2. The van der Waals surface area contributed by atoms with Crippen molar-refractivity contribution in [1.29, 1.82) is 0 Å². The SMILES string of the molecule is CCc1ccc(N2CCN(C(=O)Nc3ccc(C)cc3)CC2)cc1. The molecular weight excluding hydrogens is 298 g/mol. The first-order valence-corrected chi connectivity index (χ1v) is 8.62. The van der Waals surface area contributed by atoms with Crippen LogP contribution in [0.3, 0.4) is 0 Å². The van der Waals surface area contributed by atoms with Crippen LogP contribution in [0.15, 0.2) is 48.5 Å². The molecule has 1 aliphatic rings. The number of nitrogens with one attached hydrogen (secondary N) is 1. The second-order valence-electron chi connectivity index (χ2n) is 6.29. The van der Waals surface area contributed by atoms with Crippen LogP contribution >= 0.6 is 0 Å². The maximum Gasteiger partial charge on any atom is 0.321 e. The molecule has 0 atom stereocenters. The van der Waals surface area contributed by atoms with E-state index in [-0.39, 0.29) is 6.03 Å². The van der Waals surface area contributed by atoms with Crippen molar-refractivity contribution in [2.45, 2.75) is 20.3 Å². The Balaban J connectivity index is 1.54. The van der Waals surface area contributed by atoms with Crippen LogP contribution in [-0.2, 0) is 6.42 Å². The first-order valence-electron chi connectivity index (χ1n) is 8.62. The molecule has 3 rings (SSSR count). The van der Waals surface area contributed by atoms with E-state index in [9.17, 15) is 4.79 Å². The summed E-state index contributed by atoms with van der Waals surface area (Å²) in [6, 6.07) is 16.6. The molecule has 1 fully saturated rings. The van der Waals surface area contributed by atoms with Crippen molar-refractivity contribution in [2.24, 2.45) is 0 Å². The summed E-state index contributed by atoms with van der Waals surface area (Å²) in [5, 5.41) is 2.98. The summed E-state index contributed by atoms with van der Waals surface area (Å²) < 4.78 is 0. The molecule has 2 amide bonds. The molecule has 4 heteroatoms. The van der Waals surface area contributed by atoms with Gasteiger partial charge in [0.15, 0.2) is 0 Å². The highest BCUT2D eigenvalue weighted by Crippen LogP contribution is 2.18. The summed E-state index contributed by atoms with van der Waals surface area (Å²) in [6.07, 6.45) is 1.06. The Bertz CT molecular complexity index is 671. The van der Waals surface area contributed by atoms with Gasteiger partial charge < -0.3 is 15.1 Å². The Kier molecular flexibility index (Phi) is 5.04. The third kappa shape index (κ3) is 3.88. The van der Waals surface area contributed by atoms with Gasteiger partial charge in [-0.2, -0.15) is 0 Å². The molecule has 126 valence electrons. The van der Waals surface area contributed by atoms with Crippen molar-refractivity contribution in [3.05, 3.63) is 59.7 Å². The molecule has 1 N–H and O–H groups in total. The summed E-state index contributed by atoms with van der Waals surface area (Å²) in [5.74, 6) is 0. The van der Waals surface area contributed by atoms with Gasteiger partial charge >= 0.3 is 6.03 Å². The Morgan fingerprint density at radius 1 is 0.958 bits per heavy atom. The van der Waals surface area contributed by atoms with E-state index in [4.69, 9.17) is 0 Å². The molecule has 0 saturated carbocycles. The predicted molar refractivity (Wildman–Crippen MR) is 99.8 cm³/mol. The number of amides is 2. The normalized spacial score (nSPS) is 14.6. The van der Waals surface area contributed by atoms with Gasteiger partial charge in [-0.05, 0) is 43.2 Å². The standard InChI is InChI=1S/C20H25N3O/c1-3-17-6-10-19(11-7-17)22-12-14-23(15-13-22)20(24)21-18-8-4-16(2)5-9-18/h4-11H,3,12-15H2,1-2H3,(H,21,24). The highest BCUT2D eigenvalue weighted by Gasteiger charge is 2.21. The van der Waals surface area contributed by atoms with E-state index >= 15 is 0 Å². The number of anilines is 2. The van der Waals surface area contributed by atoms with Gasteiger partial charge in [-0.1, -0.05) is 36.8 Å². The highest BCUT2D eigenvalue weighted by molar-refractivity contribution is 5.89. The van der Waals surface area contributed by atoms with E-state index in [1.165, 1.54) is 16.8 Å². The van der Waals surface area contributed by atoms with Crippen molar-refractivity contribution >= 4 is 17.4 Å². The van der Waals surface area contributed by atoms with Gasteiger partial charge in [-0.3, -0.25) is 0 Å². The van der Waals surface area contributed by atoms with Gasteiger partial charge in [0.1, 0.15) is 0 Å². The van der Waals surface area contributed by atoms with Gasteiger partial charge in [0.05, 0.1) is 0 Å². The molecule has 0 spiro atoms. The molecule has 2 aromatic rings. The highest BCUT2D eigenvalue weighted by atomic mass is 16.2. The molecule has 1 heterocycles. The molecule has 1 saturated heterocycles. The minimum absolute atomic E-state index is 0.0140. The number of piperazine rings is 1. The lowest BCUT2D eigenvalue weighted by Gasteiger charge is -2.36. The minimum Gasteiger partial charge on any atom is -0.368 e. The molecule has 1 aliphatic heterocycles. The molecule has 0 bridgehead atoms. The van der Waals surface area contributed by atoms with Crippen LogP contribution in [0.4, 0.5) is 16.2 Å². The zero-order chi connectivity index (χ0) is 16.9. The van der Waals surface area contributed by atoms with Gasteiger partial charge in [0, 0.05) is 37.6 Å². The molecule has 4 nitrogen and oxygen atoms in total. The van der Waals surface area contributed by atoms with Crippen molar-refractivity contribution in [3.8, 4) is 0 Å². The average Bonchev–Trinajstić information content (AvgIpc) is 2.64. The number of aryl methyl sites for hydroxylation is 2. The number of carbonyl (C=O) groups is 1. The lowest BCUT2D eigenvalue weighted by Crippen LogP contribution is -2.50. The largest absolute Gasteiger partial charge is 0.368 e. The fraction of sp³-hybridized carbons (Fsp3) is 0.350. The van der Waals surface area contributed by atoms with Crippen LogP contribution in [0.5, 0.6) is 0 Å². The van der Waals surface area contributed by atoms with Gasteiger partial charge in [0.2, 0.25) is 0 Å². The van der Waals surface area contributed by atoms with Crippen molar-refractivity contribution < 1.29 is 4.79 Å². The maximum atomic E-state index is 12.4. The maximum absolute atomic E-state index is 12.4. The van der Waals surface area contributed by atoms with Gasteiger partial charge in [0.25, 0.3) is 0 Å². The number of rotatable bonds is 3. The van der Waals surface area contributed by atoms with Crippen LogP contribution in [0.25, 0.3) is 0 Å². The fourth-order valence-electron chi connectivity index (χ4n) is 2.95. The van der Waals surface area contributed by atoms with E-state index in [1.54, 1.807) is 0 Å². The zero-order valence-electron chi connectivity index (χ0n) is 14.5. The molecule has 2 aromatic carbocycles. The smallest absolute Gasteiger partial charge is 0.321 e. The van der Waals surface area contributed by atoms with Crippen LogP contribution < -0.4 is 10.2 Å². The zero-order valence-corrected chi connectivity index (χ0v) is 14.5. The lowest BCUT2D eigenvalue weighted by molar-refractivity contribution is 0.208. The van der Waals surface area contributed by atoms with Crippen LogP contribution in [-0.4, -0.2) is 37.1 Å². The van der Waals surface area contributed by atoms with Crippen molar-refractivity contribution in [3.63, 3.8) is 0 Å². The summed E-state index contributed by atoms with van der Waals surface area (Å²) in [6.45, 7) is 7.43.